The second-order valence-corrected chi connectivity index (χ2v) is 6.28. The van der Waals surface area contributed by atoms with E-state index in [1.807, 2.05) is 16.3 Å². The molecule has 0 radical (unpaired) electrons. The molecule has 1 saturated heterocycles. The van der Waals surface area contributed by atoms with Gasteiger partial charge in [-0.2, -0.15) is 0 Å². The number of rotatable bonds is 3. The minimum atomic E-state index is 0.0532. The van der Waals surface area contributed by atoms with Gasteiger partial charge in [0.1, 0.15) is 4.88 Å². The minimum absolute atomic E-state index is 0.0532. The Balaban J connectivity index is 2.02. The summed E-state index contributed by atoms with van der Waals surface area (Å²) in [5.41, 5.74) is 0.782. The van der Waals surface area contributed by atoms with Gasteiger partial charge in [-0.05, 0) is 25.3 Å². The molecule has 2 heterocycles. The molecule has 2 rings (SSSR count). The lowest BCUT2D eigenvalue weighted by Gasteiger charge is -2.36. The summed E-state index contributed by atoms with van der Waals surface area (Å²) in [6.45, 7) is 7.84. The average molecular weight is 306 g/mol. The SMILES string of the molecule is CC(C)N1CCN(C(=O)c2sccc2C#CCCO)CC1. The summed E-state index contributed by atoms with van der Waals surface area (Å²) < 4.78 is 0. The predicted molar refractivity (Wildman–Crippen MR) is 85.5 cm³/mol. The second kappa shape index (κ2) is 7.60. The number of thiophene rings is 1. The van der Waals surface area contributed by atoms with Crippen molar-refractivity contribution in [2.75, 3.05) is 32.8 Å². The van der Waals surface area contributed by atoms with Gasteiger partial charge in [0.05, 0.1) is 6.61 Å². The Labute approximate surface area is 130 Å². The number of nitrogens with zero attached hydrogens (tertiary/aromatic N) is 2. The van der Waals surface area contributed by atoms with E-state index in [-0.39, 0.29) is 12.5 Å². The highest BCUT2D eigenvalue weighted by Gasteiger charge is 2.25. The number of hydrogen-bond donors (Lipinski definition) is 1. The maximum Gasteiger partial charge on any atom is 0.265 e. The molecule has 0 aromatic carbocycles. The zero-order valence-electron chi connectivity index (χ0n) is 12.6. The highest BCUT2D eigenvalue weighted by molar-refractivity contribution is 7.12. The van der Waals surface area contributed by atoms with Crippen molar-refractivity contribution in [2.24, 2.45) is 0 Å². The van der Waals surface area contributed by atoms with Crippen molar-refractivity contribution >= 4 is 17.2 Å². The number of aliphatic hydroxyl groups is 1. The zero-order valence-corrected chi connectivity index (χ0v) is 13.4. The van der Waals surface area contributed by atoms with Gasteiger partial charge < -0.3 is 10.0 Å². The molecule has 1 fully saturated rings. The van der Waals surface area contributed by atoms with Gasteiger partial charge in [-0.25, -0.2) is 0 Å². The van der Waals surface area contributed by atoms with Gasteiger partial charge in [-0.15, -0.1) is 11.3 Å². The maximum absolute atomic E-state index is 12.6. The largest absolute Gasteiger partial charge is 0.395 e. The van der Waals surface area contributed by atoms with Crippen LogP contribution in [0.4, 0.5) is 0 Å². The van der Waals surface area contributed by atoms with Crippen LogP contribution in [0.5, 0.6) is 0 Å². The van der Waals surface area contributed by atoms with E-state index in [1.165, 1.54) is 11.3 Å². The van der Waals surface area contributed by atoms with Crippen LogP contribution in [-0.4, -0.2) is 59.6 Å². The van der Waals surface area contributed by atoms with Crippen LogP contribution in [0.1, 0.15) is 35.5 Å². The molecule has 0 spiro atoms. The molecule has 1 aliphatic rings. The first-order valence-electron chi connectivity index (χ1n) is 7.34. The molecule has 0 saturated carbocycles. The molecule has 4 nitrogen and oxygen atoms in total. The Hall–Kier alpha value is -1.35. The number of hydrogen-bond acceptors (Lipinski definition) is 4. The van der Waals surface area contributed by atoms with E-state index in [1.54, 1.807) is 0 Å². The Morgan fingerprint density at radius 3 is 2.71 bits per heavy atom. The van der Waals surface area contributed by atoms with Crippen LogP contribution in [-0.2, 0) is 0 Å². The van der Waals surface area contributed by atoms with E-state index in [0.717, 1.165) is 36.6 Å². The first-order chi connectivity index (χ1) is 10.1. The third-order valence-corrected chi connectivity index (χ3v) is 4.55. The van der Waals surface area contributed by atoms with Crippen LogP contribution in [0.25, 0.3) is 0 Å². The number of piperazine rings is 1. The summed E-state index contributed by atoms with van der Waals surface area (Å²) in [5, 5.41) is 10.7. The van der Waals surface area contributed by atoms with Crippen LogP contribution in [0, 0.1) is 11.8 Å². The smallest absolute Gasteiger partial charge is 0.265 e. The van der Waals surface area contributed by atoms with Crippen molar-refractivity contribution in [3.63, 3.8) is 0 Å². The van der Waals surface area contributed by atoms with Crippen LogP contribution >= 0.6 is 11.3 Å². The Kier molecular flexibility index (Phi) is 5.80. The molecule has 5 heteroatoms. The molecule has 21 heavy (non-hydrogen) atoms. The first-order valence-corrected chi connectivity index (χ1v) is 8.22. The maximum atomic E-state index is 12.6. The molecule has 114 valence electrons. The van der Waals surface area contributed by atoms with Crippen molar-refractivity contribution in [1.29, 1.82) is 0 Å². The fourth-order valence-corrected chi connectivity index (χ4v) is 3.19. The molecule has 0 unspecified atom stereocenters. The van der Waals surface area contributed by atoms with Crippen molar-refractivity contribution in [3.8, 4) is 11.8 Å². The van der Waals surface area contributed by atoms with Crippen molar-refractivity contribution in [2.45, 2.75) is 26.3 Å². The van der Waals surface area contributed by atoms with Gasteiger partial charge >= 0.3 is 0 Å². The number of carbonyl (C=O) groups excluding carboxylic acids is 1. The molecule has 0 aliphatic carbocycles. The third kappa shape index (κ3) is 4.07. The monoisotopic (exact) mass is 306 g/mol. The van der Waals surface area contributed by atoms with Crippen molar-refractivity contribution in [1.82, 2.24) is 9.80 Å². The standard InChI is InChI=1S/C16H22N2O2S/c1-13(2)17-7-9-18(10-8-17)16(20)15-14(6-12-21-15)5-3-4-11-19/h6,12-13,19H,4,7-11H2,1-2H3. The van der Waals surface area contributed by atoms with Crippen LogP contribution < -0.4 is 0 Å². The van der Waals surface area contributed by atoms with Gasteiger partial charge in [0.25, 0.3) is 5.91 Å². The van der Waals surface area contributed by atoms with Crippen molar-refractivity contribution < 1.29 is 9.90 Å². The third-order valence-electron chi connectivity index (χ3n) is 3.65. The summed E-state index contributed by atoms with van der Waals surface area (Å²) in [5.74, 6) is 5.95. The van der Waals surface area contributed by atoms with Gasteiger partial charge in [0, 0.05) is 44.2 Å². The lowest BCUT2D eigenvalue weighted by molar-refractivity contribution is 0.0600. The van der Waals surface area contributed by atoms with E-state index >= 15 is 0 Å². The molecule has 1 amide bonds. The molecule has 1 aliphatic heterocycles. The Bertz CT molecular complexity index is 534. The van der Waals surface area contributed by atoms with E-state index in [0.29, 0.717) is 12.5 Å². The fourth-order valence-electron chi connectivity index (χ4n) is 2.37. The van der Waals surface area contributed by atoms with Crippen molar-refractivity contribution in [3.05, 3.63) is 21.9 Å². The average Bonchev–Trinajstić information content (AvgIpc) is 2.95. The highest BCUT2D eigenvalue weighted by Crippen LogP contribution is 2.19. The molecular weight excluding hydrogens is 284 g/mol. The van der Waals surface area contributed by atoms with E-state index in [9.17, 15) is 4.79 Å². The highest BCUT2D eigenvalue weighted by atomic mass is 32.1. The number of amides is 1. The van der Waals surface area contributed by atoms with Gasteiger partial charge in [0.15, 0.2) is 0 Å². The van der Waals surface area contributed by atoms with E-state index in [4.69, 9.17) is 5.11 Å². The molecular formula is C16H22N2O2S. The molecule has 0 bridgehead atoms. The number of carbonyl (C=O) groups is 1. The topological polar surface area (TPSA) is 43.8 Å². The summed E-state index contributed by atoms with van der Waals surface area (Å²) in [6.07, 6.45) is 0.441. The van der Waals surface area contributed by atoms with Gasteiger partial charge in [-0.3, -0.25) is 9.69 Å². The predicted octanol–water partition coefficient (Wildman–Crippen LogP) is 1.65. The van der Waals surface area contributed by atoms with Crippen LogP contribution in [0.15, 0.2) is 11.4 Å². The summed E-state index contributed by atoms with van der Waals surface area (Å²) in [7, 11) is 0. The second-order valence-electron chi connectivity index (χ2n) is 5.36. The first kappa shape index (κ1) is 16.0. The minimum Gasteiger partial charge on any atom is -0.395 e. The lowest BCUT2D eigenvalue weighted by atomic mass is 10.2. The lowest BCUT2D eigenvalue weighted by Crippen LogP contribution is -2.50. The quantitative estimate of drug-likeness (QED) is 0.864. The molecule has 0 atom stereocenters. The molecule has 1 aromatic rings. The fraction of sp³-hybridized carbons (Fsp3) is 0.562. The van der Waals surface area contributed by atoms with Gasteiger partial charge in [0.2, 0.25) is 0 Å². The normalized spacial score (nSPS) is 15.9. The summed E-state index contributed by atoms with van der Waals surface area (Å²) in [6, 6.07) is 2.41. The summed E-state index contributed by atoms with van der Waals surface area (Å²) >= 11 is 1.45. The van der Waals surface area contributed by atoms with Crippen LogP contribution in [0.2, 0.25) is 0 Å². The Morgan fingerprint density at radius 1 is 1.38 bits per heavy atom. The van der Waals surface area contributed by atoms with Gasteiger partial charge in [-0.1, -0.05) is 11.8 Å². The Morgan fingerprint density at radius 2 is 2.10 bits per heavy atom. The van der Waals surface area contributed by atoms with E-state index < -0.39 is 0 Å². The zero-order chi connectivity index (χ0) is 15.2. The molecule has 1 N–H and O–H groups in total. The summed E-state index contributed by atoms with van der Waals surface area (Å²) in [4.78, 5) is 17.6. The van der Waals surface area contributed by atoms with Crippen LogP contribution in [0.3, 0.4) is 0 Å². The van der Waals surface area contributed by atoms with E-state index in [2.05, 4.69) is 30.6 Å². The number of aliphatic hydroxyl groups excluding tert-OH is 1. The molecule has 1 aromatic heterocycles.